The second-order valence-electron chi connectivity index (χ2n) is 2.46. The minimum absolute atomic E-state index is 0.363. The van der Waals surface area contributed by atoms with Gasteiger partial charge in [-0.25, -0.2) is 0 Å². The zero-order valence-corrected chi connectivity index (χ0v) is 11.0. The molecule has 0 aliphatic rings. The molecule has 0 spiro atoms. The van der Waals surface area contributed by atoms with Crippen molar-refractivity contribution in [2.24, 2.45) is 0 Å². The molecule has 12 heteroatoms. The second-order valence-corrected chi connectivity index (χ2v) is 6.94. The highest BCUT2D eigenvalue weighted by Crippen LogP contribution is 2.60. The first-order chi connectivity index (χ1) is 7.47. The molecule has 17 heavy (non-hydrogen) atoms. The van der Waals surface area contributed by atoms with E-state index in [1.165, 1.54) is 12.2 Å². The molecule has 2 unspecified atom stereocenters. The first-order valence-corrected chi connectivity index (χ1v) is 8.38. The van der Waals surface area contributed by atoms with E-state index in [1.54, 1.807) is 6.92 Å². The molecule has 0 fully saturated rings. The highest BCUT2D eigenvalue weighted by Gasteiger charge is 2.18. The SMILES string of the molecule is C/C=C/C=C/P(=O)([O-])OP(=O)([O-])OP(=O)([O-])[O-]. The van der Waals surface area contributed by atoms with Gasteiger partial charge in [0.2, 0.25) is 0 Å². The minimum atomic E-state index is -5.90. The van der Waals surface area contributed by atoms with E-state index in [9.17, 15) is 33.3 Å². The van der Waals surface area contributed by atoms with Crippen LogP contribution in [0.15, 0.2) is 24.0 Å². The molecule has 9 nitrogen and oxygen atoms in total. The third-order valence-electron chi connectivity index (χ3n) is 0.986. The molecule has 0 saturated heterocycles. The molecular weight excluding hydrogens is 297 g/mol. The van der Waals surface area contributed by atoms with Gasteiger partial charge in [0.15, 0.2) is 7.60 Å². The highest BCUT2D eigenvalue weighted by molar-refractivity contribution is 7.67. The zero-order chi connectivity index (χ0) is 13.7. The number of allylic oxidation sites excluding steroid dienone is 3. The fraction of sp³-hybridized carbons (Fsp3) is 0.200. The summed E-state index contributed by atoms with van der Waals surface area (Å²) in [5.41, 5.74) is 0. The van der Waals surface area contributed by atoms with Gasteiger partial charge in [0.25, 0.3) is 7.82 Å². The average Bonchev–Trinajstić information content (AvgIpc) is 1.96. The quantitative estimate of drug-likeness (QED) is 0.440. The summed E-state index contributed by atoms with van der Waals surface area (Å²) >= 11 is 0. The second kappa shape index (κ2) is 6.20. The van der Waals surface area contributed by atoms with Crippen molar-refractivity contribution in [2.45, 2.75) is 6.92 Å². The maximum Gasteiger partial charge on any atom is 0.276 e. The van der Waals surface area contributed by atoms with Crippen LogP contribution in [-0.4, -0.2) is 0 Å². The molecule has 0 bridgehead atoms. The number of rotatable bonds is 6. The van der Waals surface area contributed by atoms with E-state index in [1.807, 2.05) is 0 Å². The predicted molar refractivity (Wildman–Crippen MR) is 48.9 cm³/mol. The Morgan fingerprint density at radius 3 is 1.88 bits per heavy atom. The van der Waals surface area contributed by atoms with E-state index in [4.69, 9.17) is 0 Å². The van der Waals surface area contributed by atoms with Gasteiger partial charge in [-0.05, 0) is 12.7 Å². The molecule has 2 atom stereocenters. The van der Waals surface area contributed by atoms with Gasteiger partial charge in [-0.3, -0.25) is 13.2 Å². The van der Waals surface area contributed by atoms with E-state index in [0.717, 1.165) is 6.08 Å². The van der Waals surface area contributed by atoms with Crippen LogP contribution in [0.5, 0.6) is 0 Å². The Labute approximate surface area is 96.8 Å². The third-order valence-corrected chi connectivity index (χ3v) is 4.83. The molecule has 0 heterocycles. The summed E-state index contributed by atoms with van der Waals surface area (Å²) in [7, 11) is -16.7. The minimum Gasteiger partial charge on any atom is -0.790 e. The molecule has 0 saturated carbocycles. The van der Waals surface area contributed by atoms with Gasteiger partial charge in [-0.15, -0.1) is 0 Å². The van der Waals surface area contributed by atoms with Gasteiger partial charge in [0.1, 0.15) is 0 Å². The Kier molecular flexibility index (Phi) is 6.18. The van der Waals surface area contributed by atoms with Crippen molar-refractivity contribution in [3.8, 4) is 0 Å². The molecule has 0 radical (unpaired) electrons. The maximum atomic E-state index is 10.9. The number of hydrogen-bond acceptors (Lipinski definition) is 9. The standard InChI is InChI=1S/C5H11O9P3/c1-2-3-4-5-15(6,7)13-17(11,12)14-16(8,9)10/h2-5H,1H3,(H,6,7)(H,11,12)(H2,8,9,10)/p-4/b3-2+,5-4+. The van der Waals surface area contributed by atoms with Gasteiger partial charge in [-0.1, -0.05) is 18.2 Å². The van der Waals surface area contributed by atoms with Crippen molar-refractivity contribution in [2.75, 3.05) is 0 Å². The lowest BCUT2D eigenvalue weighted by atomic mass is 10.5. The summed E-state index contributed by atoms with van der Waals surface area (Å²) in [6.07, 6.45) is 3.62. The van der Waals surface area contributed by atoms with Crippen LogP contribution < -0.4 is 19.6 Å². The Bertz CT molecular complexity index is 446. The predicted octanol–water partition coefficient (Wildman–Crippen LogP) is -1.04. The van der Waals surface area contributed by atoms with Crippen LogP contribution in [-0.2, 0) is 22.3 Å². The number of hydrogen-bond donors (Lipinski definition) is 0. The number of phosphoric acid groups is 2. The maximum absolute atomic E-state index is 10.9. The highest BCUT2D eigenvalue weighted by atomic mass is 31.3. The third kappa shape index (κ3) is 9.62. The van der Waals surface area contributed by atoms with E-state index >= 15 is 0 Å². The van der Waals surface area contributed by atoms with Gasteiger partial charge in [0, 0.05) is 0 Å². The van der Waals surface area contributed by atoms with E-state index in [2.05, 4.69) is 8.62 Å². The van der Waals surface area contributed by atoms with Crippen LogP contribution >= 0.6 is 23.2 Å². The fourth-order valence-corrected chi connectivity index (χ4v) is 3.58. The van der Waals surface area contributed by atoms with Gasteiger partial charge in [-0.2, -0.15) is 0 Å². The van der Waals surface area contributed by atoms with Crippen LogP contribution in [0.25, 0.3) is 0 Å². The monoisotopic (exact) mass is 304 g/mol. The van der Waals surface area contributed by atoms with Gasteiger partial charge < -0.3 is 28.7 Å². The van der Waals surface area contributed by atoms with Crippen LogP contribution in [0.1, 0.15) is 6.92 Å². The topological polar surface area (TPSA) is 162 Å². The van der Waals surface area contributed by atoms with Crippen molar-refractivity contribution >= 4 is 23.2 Å². The molecule has 0 aromatic rings. The van der Waals surface area contributed by atoms with E-state index in [0.29, 0.717) is 5.82 Å². The van der Waals surface area contributed by atoms with Crippen LogP contribution in [0.2, 0.25) is 0 Å². The Hall–Kier alpha value is -0.0700. The summed E-state index contributed by atoms with van der Waals surface area (Å²) in [4.78, 5) is 41.6. The molecule has 0 aromatic heterocycles. The zero-order valence-electron chi connectivity index (χ0n) is 8.33. The van der Waals surface area contributed by atoms with Crippen LogP contribution in [0, 0.1) is 0 Å². The summed E-state index contributed by atoms with van der Waals surface area (Å²) in [6, 6.07) is 0. The van der Waals surface area contributed by atoms with Crippen molar-refractivity contribution < 1.29 is 41.9 Å². The molecule has 0 N–H and O–H groups in total. The van der Waals surface area contributed by atoms with Crippen LogP contribution in [0.3, 0.4) is 0 Å². The molecule has 0 aliphatic heterocycles. The van der Waals surface area contributed by atoms with Crippen molar-refractivity contribution in [1.29, 1.82) is 0 Å². The van der Waals surface area contributed by atoms with Crippen molar-refractivity contribution in [3.63, 3.8) is 0 Å². The molecular formula is C5H7O9P3-4. The van der Waals surface area contributed by atoms with E-state index in [-0.39, 0.29) is 0 Å². The molecule has 0 aromatic carbocycles. The van der Waals surface area contributed by atoms with Crippen molar-refractivity contribution in [1.82, 2.24) is 0 Å². The Morgan fingerprint density at radius 2 is 1.47 bits per heavy atom. The first-order valence-electron chi connectivity index (χ1n) is 3.84. The fourth-order valence-electron chi connectivity index (χ4n) is 0.570. The summed E-state index contributed by atoms with van der Waals surface area (Å²) in [6.45, 7) is 1.56. The van der Waals surface area contributed by atoms with E-state index < -0.39 is 23.2 Å². The summed E-state index contributed by atoms with van der Waals surface area (Å²) < 4.78 is 38.0. The molecule has 100 valence electrons. The Morgan fingerprint density at radius 1 is 0.941 bits per heavy atom. The molecule has 0 aliphatic carbocycles. The van der Waals surface area contributed by atoms with Crippen LogP contribution in [0.4, 0.5) is 0 Å². The van der Waals surface area contributed by atoms with Gasteiger partial charge >= 0.3 is 0 Å². The average molecular weight is 304 g/mol. The van der Waals surface area contributed by atoms with Gasteiger partial charge in [0.05, 0.1) is 7.82 Å². The smallest absolute Gasteiger partial charge is 0.276 e. The lowest BCUT2D eigenvalue weighted by molar-refractivity contribution is -0.339. The normalized spacial score (nSPS) is 20.5. The summed E-state index contributed by atoms with van der Waals surface area (Å²) in [5, 5.41) is 0. The van der Waals surface area contributed by atoms with Crippen molar-refractivity contribution in [3.05, 3.63) is 24.0 Å². The molecule has 0 amide bonds. The Balaban J connectivity index is 4.77. The summed E-state index contributed by atoms with van der Waals surface area (Å²) in [5.74, 6) is 0.363. The molecule has 0 rings (SSSR count). The largest absolute Gasteiger partial charge is 0.790 e. The lowest BCUT2D eigenvalue weighted by Crippen LogP contribution is -2.19. The first kappa shape index (κ1) is 16.9. The lowest BCUT2D eigenvalue weighted by Gasteiger charge is -2.37.